The third-order valence-electron chi connectivity index (χ3n) is 7.81. The number of aliphatic hydroxyl groups excluding tert-OH is 1. The van der Waals surface area contributed by atoms with Crippen LogP contribution < -0.4 is 55.3 Å². The van der Waals surface area contributed by atoms with Crippen LogP contribution in [0, 0.1) is 0 Å². The van der Waals surface area contributed by atoms with Crippen molar-refractivity contribution in [3.63, 3.8) is 0 Å². The lowest BCUT2D eigenvalue weighted by Gasteiger charge is -2.27. The Hall–Kier alpha value is -5.69. The number of guanidine groups is 2. The lowest BCUT2D eigenvalue weighted by atomic mass is 10.0. The first-order valence-electron chi connectivity index (χ1n) is 17.4. The van der Waals surface area contributed by atoms with Gasteiger partial charge in [-0.05, 0) is 50.5 Å². The van der Waals surface area contributed by atoms with Gasteiger partial charge in [-0.1, -0.05) is 0 Å². The largest absolute Gasteiger partial charge is 0.481 e. The SMILES string of the molecule is CSCC[C@H](NC(=O)[C@H](CCCN=C(N)N)NC(=O)[C@H](CCC(=O)O)NC(=O)[C@H](CCCN=C(N)N)NC(=O)[C@@H](N)Cc1cnc[nH]1)C(=O)N[C@@H](CO)C(=O)O. The number of rotatable bonds is 28. The van der Waals surface area contributed by atoms with E-state index >= 15 is 0 Å². The molecule has 1 aromatic rings. The van der Waals surface area contributed by atoms with Crippen LogP contribution in [0.1, 0.15) is 50.6 Å². The molecule has 1 rings (SSSR count). The summed E-state index contributed by atoms with van der Waals surface area (Å²) >= 11 is 1.33. The summed E-state index contributed by atoms with van der Waals surface area (Å²) in [4.78, 5) is 104. The quantitative estimate of drug-likeness (QED) is 0.0213. The summed E-state index contributed by atoms with van der Waals surface area (Å²) in [6, 6.07) is -8.34. The van der Waals surface area contributed by atoms with Gasteiger partial charge in [0.2, 0.25) is 29.5 Å². The molecule has 1 heterocycles. The molecule has 0 spiro atoms. The molecule has 1 aromatic heterocycles. The van der Waals surface area contributed by atoms with Crippen molar-refractivity contribution in [2.75, 3.05) is 31.7 Å². The molecule has 5 amide bonds. The fraction of sp³-hybridized carbons (Fsp3) is 0.613. The summed E-state index contributed by atoms with van der Waals surface area (Å²) in [6.45, 7) is -0.817. The number of nitrogens with one attached hydrogen (secondary N) is 6. The molecule has 24 nitrogen and oxygen atoms in total. The fourth-order valence-corrected chi connectivity index (χ4v) is 5.34. The number of carbonyl (C=O) groups is 7. The van der Waals surface area contributed by atoms with Gasteiger partial charge in [0, 0.05) is 37.8 Å². The van der Waals surface area contributed by atoms with Crippen LogP contribution in [0.15, 0.2) is 22.5 Å². The van der Waals surface area contributed by atoms with E-state index in [0.29, 0.717) is 11.4 Å². The minimum absolute atomic E-state index is 0.0259. The highest BCUT2D eigenvalue weighted by Crippen LogP contribution is 2.09. The number of carboxylic acids is 2. The molecule has 19 N–H and O–H groups in total. The lowest BCUT2D eigenvalue weighted by Crippen LogP contribution is -2.59. The second-order valence-electron chi connectivity index (χ2n) is 12.3. The van der Waals surface area contributed by atoms with Gasteiger partial charge in [-0.25, -0.2) is 9.78 Å². The Morgan fingerprint density at radius 1 is 0.732 bits per heavy atom. The van der Waals surface area contributed by atoms with Crippen LogP contribution in [-0.4, -0.2) is 147 Å². The van der Waals surface area contributed by atoms with Gasteiger partial charge in [0.25, 0.3) is 0 Å². The van der Waals surface area contributed by atoms with E-state index < -0.39 is 97.2 Å². The average Bonchev–Trinajstić information content (AvgIpc) is 3.65. The van der Waals surface area contributed by atoms with Crippen molar-refractivity contribution >= 4 is 65.2 Å². The topological polar surface area (TPSA) is 424 Å². The number of nitrogens with two attached hydrogens (primary N) is 5. The first-order valence-corrected chi connectivity index (χ1v) is 18.8. The number of nitrogens with zero attached hydrogens (tertiary/aromatic N) is 3. The van der Waals surface area contributed by atoms with Crippen LogP contribution >= 0.6 is 11.8 Å². The summed E-state index contributed by atoms with van der Waals surface area (Å²) in [6.07, 6.45) is 3.81. The Morgan fingerprint density at radius 2 is 1.18 bits per heavy atom. The zero-order valence-electron chi connectivity index (χ0n) is 30.9. The molecule has 0 aromatic carbocycles. The molecule has 6 atom stereocenters. The van der Waals surface area contributed by atoms with E-state index in [4.69, 9.17) is 28.7 Å². The highest BCUT2D eigenvalue weighted by Gasteiger charge is 2.33. The van der Waals surface area contributed by atoms with Crippen molar-refractivity contribution in [2.45, 2.75) is 87.6 Å². The van der Waals surface area contributed by atoms with Gasteiger partial charge < -0.3 is 75.6 Å². The number of carboxylic acid groups (broad SMARTS) is 2. The second kappa shape index (κ2) is 26.2. The van der Waals surface area contributed by atoms with Crippen molar-refractivity contribution in [1.82, 2.24) is 36.6 Å². The number of imidazole rings is 1. The van der Waals surface area contributed by atoms with E-state index in [1.54, 1.807) is 6.26 Å². The van der Waals surface area contributed by atoms with Gasteiger partial charge in [0.15, 0.2) is 11.9 Å². The number of hydrogen-bond acceptors (Lipinski definition) is 13. The van der Waals surface area contributed by atoms with Crippen LogP contribution in [0.5, 0.6) is 0 Å². The Balaban J connectivity index is 3.36. The molecule has 56 heavy (non-hydrogen) atoms. The maximum Gasteiger partial charge on any atom is 0.328 e. The smallest absolute Gasteiger partial charge is 0.328 e. The molecular weight excluding hydrogens is 760 g/mol. The molecule has 25 heteroatoms. The molecule has 0 saturated heterocycles. The van der Waals surface area contributed by atoms with Crippen LogP contribution in [-0.2, 0) is 40.0 Å². The number of aliphatic hydroxyl groups is 1. The van der Waals surface area contributed by atoms with Crippen molar-refractivity contribution < 1.29 is 48.9 Å². The van der Waals surface area contributed by atoms with Gasteiger partial charge in [-0.2, -0.15) is 11.8 Å². The van der Waals surface area contributed by atoms with E-state index in [2.05, 4.69) is 46.5 Å². The number of aliphatic imine (C=N–C) groups is 2. The van der Waals surface area contributed by atoms with Crippen molar-refractivity contribution in [3.05, 3.63) is 18.2 Å². The average molecular weight is 815 g/mol. The molecule has 0 radical (unpaired) electrons. The number of H-pyrrole nitrogens is 1. The molecule has 314 valence electrons. The minimum atomic E-state index is -1.66. The summed E-state index contributed by atoms with van der Waals surface area (Å²) in [7, 11) is 0. The molecule has 0 aliphatic rings. The minimum Gasteiger partial charge on any atom is -0.481 e. The van der Waals surface area contributed by atoms with Gasteiger partial charge >= 0.3 is 11.9 Å². The monoisotopic (exact) mass is 814 g/mol. The zero-order chi connectivity index (χ0) is 42.2. The standard InChI is InChI=1S/C31H54N14O10S/c1-56-11-8-21(28(53)45-22(14-46)29(54)55)44-26(51)19(5-3-10-39-31(35)36)42-27(52)20(6-7-23(47)48)43-25(50)18(4-2-9-38-30(33)34)41-24(49)17(32)12-16-13-37-15-40-16/h13,15,17-22,46H,2-12,14,32H2,1H3,(H,37,40)(H,41,49)(H,42,52)(H,43,50)(H,44,51)(H,45,53)(H,47,48)(H,54,55)(H4,33,34,38)(H4,35,36,39)/t17-,18-,19-,20-,21-,22-/m0/s1. The molecule has 0 aliphatic carbocycles. The summed E-state index contributed by atoms with van der Waals surface area (Å²) in [5.41, 5.74) is 28.2. The number of thioether (sulfide) groups is 1. The van der Waals surface area contributed by atoms with E-state index in [0.717, 1.165) is 0 Å². The molecule has 0 unspecified atom stereocenters. The van der Waals surface area contributed by atoms with E-state index in [9.17, 15) is 48.9 Å². The van der Waals surface area contributed by atoms with Crippen LogP contribution in [0.2, 0.25) is 0 Å². The number of hydrogen-bond donors (Lipinski definition) is 14. The molecule has 0 fully saturated rings. The number of carbonyl (C=O) groups excluding carboxylic acids is 5. The zero-order valence-corrected chi connectivity index (χ0v) is 31.8. The van der Waals surface area contributed by atoms with Crippen molar-refractivity contribution in [3.8, 4) is 0 Å². The Morgan fingerprint density at radius 3 is 1.57 bits per heavy atom. The molecule has 0 aliphatic heterocycles. The fourth-order valence-electron chi connectivity index (χ4n) is 4.87. The Bertz CT molecular complexity index is 1510. The summed E-state index contributed by atoms with van der Waals surface area (Å²) in [5, 5.41) is 40.2. The number of aromatic amines is 1. The van der Waals surface area contributed by atoms with E-state index in [-0.39, 0.29) is 63.5 Å². The van der Waals surface area contributed by atoms with Crippen LogP contribution in [0.3, 0.4) is 0 Å². The Labute approximate surface area is 326 Å². The normalized spacial score (nSPS) is 14.0. The predicted molar refractivity (Wildman–Crippen MR) is 204 cm³/mol. The number of aromatic nitrogens is 2. The predicted octanol–water partition coefficient (Wildman–Crippen LogP) is -5.49. The number of aliphatic carboxylic acids is 2. The van der Waals surface area contributed by atoms with Gasteiger partial charge in [0.1, 0.15) is 30.2 Å². The highest BCUT2D eigenvalue weighted by molar-refractivity contribution is 7.98. The third kappa shape index (κ3) is 19.6. The highest BCUT2D eigenvalue weighted by atomic mass is 32.2. The van der Waals surface area contributed by atoms with Crippen LogP contribution in [0.25, 0.3) is 0 Å². The van der Waals surface area contributed by atoms with Crippen molar-refractivity contribution in [1.29, 1.82) is 0 Å². The van der Waals surface area contributed by atoms with Gasteiger partial charge in [-0.3, -0.25) is 38.8 Å². The first-order chi connectivity index (χ1) is 26.5. The first kappa shape index (κ1) is 48.3. The van der Waals surface area contributed by atoms with E-state index in [1.165, 1.54) is 24.3 Å². The second-order valence-corrected chi connectivity index (χ2v) is 13.3. The maximum atomic E-state index is 13.8. The molecular formula is C31H54N14O10S. The molecule has 0 saturated carbocycles. The summed E-state index contributed by atoms with van der Waals surface area (Å²) < 4.78 is 0. The van der Waals surface area contributed by atoms with Crippen molar-refractivity contribution in [2.24, 2.45) is 38.7 Å². The van der Waals surface area contributed by atoms with Crippen LogP contribution in [0.4, 0.5) is 0 Å². The lowest BCUT2D eigenvalue weighted by molar-refractivity contribution is -0.143. The van der Waals surface area contributed by atoms with Gasteiger partial charge in [0.05, 0.1) is 19.0 Å². The Kier molecular flexibility index (Phi) is 22.6. The third-order valence-corrected chi connectivity index (χ3v) is 8.45. The maximum absolute atomic E-state index is 13.8. The summed E-state index contributed by atoms with van der Waals surface area (Å²) in [5.74, 6) is -7.31. The number of amides is 5. The van der Waals surface area contributed by atoms with E-state index in [1.807, 2.05) is 0 Å². The van der Waals surface area contributed by atoms with Gasteiger partial charge in [-0.15, -0.1) is 0 Å². The molecule has 0 bridgehead atoms.